The molecular formula is C20H24N2O2. The maximum atomic E-state index is 10.3. The first-order valence-electron chi connectivity index (χ1n) is 8.51. The van der Waals surface area contributed by atoms with Gasteiger partial charge in [0.25, 0.3) is 0 Å². The van der Waals surface area contributed by atoms with Crippen molar-refractivity contribution in [2.45, 2.75) is 39.3 Å². The molecule has 0 spiro atoms. The van der Waals surface area contributed by atoms with Crippen LogP contribution in [0.5, 0.6) is 5.75 Å². The lowest BCUT2D eigenvalue weighted by Crippen LogP contribution is -2.11. The van der Waals surface area contributed by atoms with E-state index in [0.29, 0.717) is 13.0 Å². The van der Waals surface area contributed by atoms with Crippen molar-refractivity contribution in [2.75, 3.05) is 6.61 Å². The first kappa shape index (κ1) is 16.5. The SMILES string of the molecule is CC[C@@H](O)c1nc2ccccc2n1CCCOc1cccc(C)c1. The van der Waals surface area contributed by atoms with E-state index in [1.165, 1.54) is 5.56 Å². The molecular weight excluding hydrogens is 300 g/mol. The van der Waals surface area contributed by atoms with Gasteiger partial charge in [-0.3, -0.25) is 0 Å². The van der Waals surface area contributed by atoms with Crippen molar-refractivity contribution in [3.63, 3.8) is 0 Å². The van der Waals surface area contributed by atoms with Gasteiger partial charge in [-0.05, 0) is 49.6 Å². The first-order chi connectivity index (χ1) is 11.7. The summed E-state index contributed by atoms with van der Waals surface area (Å²) in [7, 11) is 0. The van der Waals surface area contributed by atoms with E-state index in [-0.39, 0.29) is 0 Å². The van der Waals surface area contributed by atoms with Crippen molar-refractivity contribution in [3.8, 4) is 5.75 Å². The Morgan fingerprint density at radius 1 is 1.17 bits per heavy atom. The smallest absolute Gasteiger partial charge is 0.138 e. The quantitative estimate of drug-likeness (QED) is 0.661. The zero-order valence-corrected chi connectivity index (χ0v) is 14.3. The minimum absolute atomic E-state index is 0.532. The molecule has 1 N–H and O–H groups in total. The molecule has 0 bridgehead atoms. The number of hydrogen-bond donors (Lipinski definition) is 1. The van der Waals surface area contributed by atoms with Gasteiger partial charge >= 0.3 is 0 Å². The highest BCUT2D eigenvalue weighted by Crippen LogP contribution is 2.23. The Morgan fingerprint density at radius 3 is 2.79 bits per heavy atom. The van der Waals surface area contributed by atoms with Crippen LogP contribution in [0.25, 0.3) is 11.0 Å². The Labute approximate surface area is 142 Å². The number of hydrogen-bond acceptors (Lipinski definition) is 3. The van der Waals surface area contributed by atoms with Crippen molar-refractivity contribution in [1.82, 2.24) is 9.55 Å². The molecule has 1 aromatic heterocycles. The van der Waals surface area contributed by atoms with Crippen LogP contribution in [0, 0.1) is 6.92 Å². The Hall–Kier alpha value is -2.33. The first-order valence-corrected chi connectivity index (χ1v) is 8.51. The molecule has 3 rings (SSSR count). The summed E-state index contributed by atoms with van der Waals surface area (Å²) < 4.78 is 7.94. The molecule has 0 unspecified atom stereocenters. The molecule has 126 valence electrons. The van der Waals surface area contributed by atoms with Gasteiger partial charge in [0, 0.05) is 6.54 Å². The van der Waals surface area contributed by atoms with Gasteiger partial charge in [0.1, 0.15) is 17.7 Å². The summed E-state index contributed by atoms with van der Waals surface area (Å²) in [5, 5.41) is 10.3. The monoisotopic (exact) mass is 324 g/mol. The van der Waals surface area contributed by atoms with Gasteiger partial charge in [0.2, 0.25) is 0 Å². The van der Waals surface area contributed by atoms with Crippen LogP contribution in [0.15, 0.2) is 48.5 Å². The maximum Gasteiger partial charge on any atom is 0.138 e. The second-order valence-corrected chi connectivity index (χ2v) is 6.05. The van der Waals surface area contributed by atoms with Crippen LogP contribution in [0.4, 0.5) is 0 Å². The van der Waals surface area contributed by atoms with E-state index in [0.717, 1.165) is 35.6 Å². The molecule has 0 aliphatic heterocycles. The molecule has 1 atom stereocenters. The molecule has 4 nitrogen and oxygen atoms in total. The highest BCUT2D eigenvalue weighted by molar-refractivity contribution is 5.76. The zero-order chi connectivity index (χ0) is 16.9. The molecule has 0 amide bonds. The summed E-state index contributed by atoms with van der Waals surface area (Å²) in [6, 6.07) is 16.1. The normalized spacial score (nSPS) is 12.5. The number of aliphatic hydroxyl groups excluding tert-OH is 1. The van der Waals surface area contributed by atoms with E-state index in [1.54, 1.807) is 0 Å². The zero-order valence-electron chi connectivity index (χ0n) is 14.3. The van der Waals surface area contributed by atoms with Gasteiger partial charge in [-0.1, -0.05) is 31.2 Å². The number of rotatable bonds is 7. The highest BCUT2D eigenvalue weighted by Gasteiger charge is 2.16. The summed E-state index contributed by atoms with van der Waals surface area (Å²) in [5.74, 6) is 1.65. The van der Waals surface area contributed by atoms with Crippen LogP contribution in [0.2, 0.25) is 0 Å². The molecule has 0 saturated heterocycles. The van der Waals surface area contributed by atoms with Crippen LogP contribution < -0.4 is 4.74 Å². The van der Waals surface area contributed by atoms with Crippen molar-refractivity contribution >= 4 is 11.0 Å². The van der Waals surface area contributed by atoms with E-state index in [4.69, 9.17) is 4.74 Å². The van der Waals surface area contributed by atoms with Gasteiger partial charge in [-0.2, -0.15) is 0 Å². The van der Waals surface area contributed by atoms with Crippen molar-refractivity contribution in [1.29, 1.82) is 0 Å². The van der Waals surface area contributed by atoms with Gasteiger partial charge in [0.05, 0.1) is 17.6 Å². The molecule has 24 heavy (non-hydrogen) atoms. The molecule has 0 aliphatic rings. The van der Waals surface area contributed by atoms with Gasteiger partial charge in [-0.25, -0.2) is 4.98 Å². The third-order valence-corrected chi connectivity index (χ3v) is 4.15. The fraction of sp³-hybridized carbons (Fsp3) is 0.350. The topological polar surface area (TPSA) is 47.3 Å². The third-order valence-electron chi connectivity index (χ3n) is 4.15. The number of para-hydroxylation sites is 2. The Kier molecular flexibility index (Phi) is 5.16. The third kappa shape index (κ3) is 3.60. The number of aromatic nitrogens is 2. The lowest BCUT2D eigenvalue weighted by molar-refractivity contribution is 0.158. The summed E-state index contributed by atoms with van der Waals surface area (Å²) in [6.07, 6.45) is 0.982. The predicted octanol–water partition coefficient (Wildman–Crippen LogP) is 4.26. The summed E-state index contributed by atoms with van der Waals surface area (Å²) in [4.78, 5) is 4.60. The van der Waals surface area contributed by atoms with Gasteiger partial charge < -0.3 is 14.4 Å². The summed E-state index contributed by atoms with van der Waals surface area (Å²) >= 11 is 0. The molecule has 4 heteroatoms. The Morgan fingerprint density at radius 2 is 2.00 bits per heavy atom. The minimum atomic E-state index is -0.532. The average Bonchev–Trinajstić information content (AvgIpc) is 2.97. The van der Waals surface area contributed by atoms with Crippen LogP contribution in [-0.2, 0) is 6.54 Å². The van der Waals surface area contributed by atoms with E-state index >= 15 is 0 Å². The lowest BCUT2D eigenvalue weighted by Gasteiger charge is -2.13. The van der Waals surface area contributed by atoms with Crippen LogP contribution in [0.3, 0.4) is 0 Å². The largest absolute Gasteiger partial charge is 0.494 e. The molecule has 0 radical (unpaired) electrons. The van der Waals surface area contributed by atoms with Crippen molar-refractivity contribution < 1.29 is 9.84 Å². The highest BCUT2D eigenvalue weighted by atomic mass is 16.5. The number of imidazole rings is 1. The van der Waals surface area contributed by atoms with Gasteiger partial charge in [0.15, 0.2) is 0 Å². The molecule has 1 heterocycles. The number of fused-ring (bicyclic) bond motifs is 1. The number of nitrogens with zero attached hydrogens (tertiary/aromatic N) is 2. The second kappa shape index (κ2) is 7.49. The molecule has 0 fully saturated rings. The Bertz CT molecular complexity index is 810. The van der Waals surface area contributed by atoms with Crippen molar-refractivity contribution in [3.05, 3.63) is 59.9 Å². The standard InChI is InChI=1S/C20H24N2O2/c1-3-19(23)20-21-17-10-4-5-11-18(17)22(20)12-7-13-24-16-9-6-8-15(2)14-16/h4-6,8-11,14,19,23H,3,7,12-13H2,1-2H3/t19-/m1/s1. The number of aliphatic hydroxyl groups is 1. The Balaban J connectivity index is 1.70. The van der Waals surface area contributed by atoms with Crippen molar-refractivity contribution in [2.24, 2.45) is 0 Å². The van der Waals surface area contributed by atoms with E-state index in [1.807, 2.05) is 43.3 Å². The van der Waals surface area contributed by atoms with Gasteiger partial charge in [-0.15, -0.1) is 0 Å². The molecule has 3 aromatic rings. The minimum Gasteiger partial charge on any atom is -0.494 e. The average molecular weight is 324 g/mol. The van der Waals surface area contributed by atoms with Crippen LogP contribution in [0.1, 0.15) is 37.3 Å². The number of ether oxygens (including phenoxy) is 1. The molecule has 0 saturated carbocycles. The fourth-order valence-corrected chi connectivity index (χ4v) is 2.88. The summed E-state index contributed by atoms with van der Waals surface area (Å²) in [6.45, 7) is 5.44. The van der Waals surface area contributed by atoms with E-state index in [9.17, 15) is 5.11 Å². The maximum absolute atomic E-state index is 10.3. The lowest BCUT2D eigenvalue weighted by atomic mass is 10.2. The predicted molar refractivity (Wildman–Crippen MR) is 96.3 cm³/mol. The van der Waals surface area contributed by atoms with E-state index in [2.05, 4.69) is 28.6 Å². The van der Waals surface area contributed by atoms with Crippen LogP contribution in [-0.4, -0.2) is 21.3 Å². The second-order valence-electron chi connectivity index (χ2n) is 6.05. The van der Waals surface area contributed by atoms with E-state index < -0.39 is 6.10 Å². The number of aryl methyl sites for hydroxylation is 2. The molecule has 0 aliphatic carbocycles. The number of benzene rings is 2. The fourth-order valence-electron chi connectivity index (χ4n) is 2.88. The van der Waals surface area contributed by atoms with Crippen LogP contribution >= 0.6 is 0 Å². The molecule has 2 aromatic carbocycles. The summed E-state index contributed by atoms with van der Waals surface area (Å²) in [5.41, 5.74) is 3.19.